The predicted octanol–water partition coefficient (Wildman–Crippen LogP) is 4.08. The van der Waals surface area contributed by atoms with E-state index >= 15 is 0 Å². The molecule has 0 radical (unpaired) electrons. The quantitative estimate of drug-likeness (QED) is 0.328. The number of amides is 1. The largest absolute Gasteiger partial charge is 0.355 e. The summed E-state index contributed by atoms with van der Waals surface area (Å²) in [4.78, 5) is 40.6. The summed E-state index contributed by atoms with van der Waals surface area (Å²) in [5.74, 6) is -1.84. The van der Waals surface area contributed by atoms with E-state index in [1.165, 1.54) is 29.5 Å². The van der Waals surface area contributed by atoms with E-state index in [2.05, 4.69) is 20.3 Å². The first-order valence-corrected chi connectivity index (χ1v) is 12.1. The highest BCUT2D eigenvalue weighted by Gasteiger charge is 2.15. The fraction of sp³-hybridized carbons (Fsp3) is 0.138. The lowest BCUT2D eigenvalue weighted by Crippen LogP contribution is -2.33. The van der Waals surface area contributed by atoms with Gasteiger partial charge in [0.15, 0.2) is 11.6 Å². The lowest BCUT2D eigenvalue weighted by molar-refractivity contribution is 0.0948. The molecule has 0 spiro atoms. The SMILES string of the molecule is CN(Cc1ccccc1)c1ncnc2ccc(CNC(=O)c3cncn(Cc4ccc(F)c(F)c4)c3=O)cc12. The molecule has 1 N–H and O–H groups in total. The summed E-state index contributed by atoms with van der Waals surface area (Å²) in [6.07, 6.45) is 3.95. The second kappa shape index (κ2) is 11.2. The van der Waals surface area contributed by atoms with Gasteiger partial charge in [0.2, 0.25) is 0 Å². The summed E-state index contributed by atoms with van der Waals surface area (Å²) < 4.78 is 28.0. The maximum Gasteiger partial charge on any atom is 0.266 e. The van der Waals surface area contributed by atoms with Crippen LogP contribution in [0.2, 0.25) is 0 Å². The maximum atomic E-state index is 13.6. The van der Waals surface area contributed by atoms with E-state index in [0.717, 1.165) is 40.0 Å². The fourth-order valence-electron chi connectivity index (χ4n) is 4.27. The molecule has 2 aromatic heterocycles. The Morgan fingerprint density at radius 3 is 2.54 bits per heavy atom. The number of anilines is 1. The molecule has 0 unspecified atom stereocenters. The van der Waals surface area contributed by atoms with Crippen LogP contribution in [-0.4, -0.2) is 32.5 Å². The second-order valence-corrected chi connectivity index (χ2v) is 9.06. The van der Waals surface area contributed by atoms with Gasteiger partial charge in [-0.05, 0) is 41.0 Å². The Morgan fingerprint density at radius 2 is 1.74 bits per heavy atom. The van der Waals surface area contributed by atoms with Crippen molar-refractivity contribution in [3.63, 3.8) is 0 Å². The monoisotopic (exact) mass is 526 g/mol. The van der Waals surface area contributed by atoms with Crippen molar-refractivity contribution in [1.82, 2.24) is 24.8 Å². The van der Waals surface area contributed by atoms with E-state index in [4.69, 9.17) is 0 Å². The minimum Gasteiger partial charge on any atom is -0.355 e. The third-order valence-electron chi connectivity index (χ3n) is 6.24. The van der Waals surface area contributed by atoms with Gasteiger partial charge in [0, 0.05) is 31.7 Å². The van der Waals surface area contributed by atoms with Gasteiger partial charge in [-0.3, -0.25) is 14.2 Å². The smallest absolute Gasteiger partial charge is 0.266 e. The minimum absolute atomic E-state index is 0.0614. The van der Waals surface area contributed by atoms with Crippen LogP contribution in [-0.2, 0) is 19.6 Å². The Balaban J connectivity index is 1.32. The van der Waals surface area contributed by atoms with Crippen molar-refractivity contribution in [3.05, 3.63) is 130 Å². The predicted molar refractivity (Wildman–Crippen MR) is 143 cm³/mol. The number of carbonyl (C=O) groups is 1. The van der Waals surface area contributed by atoms with Gasteiger partial charge < -0.3 is 10.2 Å². The molecule has 0 aliphatic rings. The zero-order valence-electron chi connectivity index (χ0n) is 21.0. The molecule has 0 atom stereocenters. The molecule has 8 nitrogen and oxygen atoms in total. The summed E-state index contributed by atoms with van der Waals surface area (Å²) in [5.41, 5.74) is 2.31. The molecule has 39 heavy (non-hydrogen) atoms. The Hall–Kier alpha value is -4.99. The summed E-state index contributed by atoms with van der Waals surface area (Å²) in [6.45, 7) is 0.753. The van der Waals surface area contributed by atoms with E-state index < -0.39 is 23.1 Å². The number of hydrogen-bond acceptors (Lipinski definition) is 6. The Bertz CT molecular complexity index is 1710. The molecule has 0 saturated carbocycles. The molecule has 3 aromatic carbocycles. The molecular formula is C29H24F2N6O2. The van der Waals surface area contributed by atoms with Crippen molar-refractivity contribution in [2.24, 2.45) is 0 Å². The molecule has 0 aliphatic carbocycles. The highest BCUT2D eigenvalue weighted by molar-refractivity contribution is 5.93. The fourth-order valence-corrected chi connectivity index (χ4v) is 4.27. The average Bonchev–Trinajstić information content (AvgIpc) is 2.95. The minimum atomic E-state index is -1.02. The second-order valence-electron chi connectivity index (χ2n) is 9.06. The lowest BCUT2D eigenvalue weighted by atomic mass is 10.1. The highest BCUT2D eigenvalue weighted by atomic mass is 19.2. The maximum absolute atomic E-state index is 13.6. The number of aromatic nitrogens is 4. The van der Waals surface area contributed by atoms with Crippen LogP contribution in [0.5, 0.6) is 0 Å². The summed E-state index contributed by atoms with van der Waals surface area (Å²) in [7, 11) is 1.96. The van der Waals surface area contributed by atoms with Gasteiger partial charge in [-0.1, -0.05) is 42.5 Å². The third kappa shape index (κ3) is 5.80. The van der Waals surface area contributed by atoms with Gasteiger partial charge in [-0.25, -0.2) is 23.7 Å². The summed E-state index contributed by atoms with van der Waals surface area (Å²) >= 11 is 0. The molecule has 1 amide bonds. The van der Waals surface area contributed by atoms with Gasteiger partial charge in [0.1, 0.15) is 17.7 Å². The first kappa shape index (κ1) is 25.7. The number of nitrogens with one attached hydrogen (secondary N) is 1. The van der Waals surface area contributed by atoms with Crippen molar-refractivity contribution in [2.75, 3.05) is 11.9 Å². The third-order valence-corrected chi connectivity index (χ3v) is 6.24. The first-order chi connectivity index (χ1) is 18.9. The topological polar surface area (TPSA) is 93.0 Å². The Labute approximate surface area is 222 Å². The van der Waals surface area contributed by atoms with Crippen molar-refractivity contribution in [1.29, 1.82) is 0 Å². The number of nitrogens with zero attached hydrogens (tertiary/aromatic N) is 5. The van der Waals surface area contributed by atoms with Gasteiger partial charge in [0.05, 0.1) is 18.4 Å². The van der Waals surface area contributed by atoms with Crippen molar-refractivity contribution >= 4 is 22.6 Å². The summed E-state index contributed by atoms with van der Waals surface area (Å²) in [5, 5.41) is 3.59. The van der Waals surface area contributed by atoms with Crippen molar-refractivity contribution in [2.45, 2.75) is 19.6 Å². The molecule has 0 aliphatic heterocycles. The van der Waals surface area contributed by atoms with Crippen LogP contribution >= 0.6 is 0 Å². The van der Waals surface area contributed by atoms with Crippen LogP contribution in [0.1, 0.15) is 27.0 Å². The highest BCUT2D eigenvalue weighted by Crippen LogP contribution is 2.24. The number of hydrogen-bond donors (Lipinski definition) is 1. The zero-order chi connectivity index (χ0) is 27.4. The van der Waals surface area contributed by atoms with Crippen molar-refractivity contribution < 1.29 is 13.6 Å². The van der Waals surface area contributed by atoms with E-state index in [9.17, 15) is 18.4 Å². The first-order valence-electron chi connectivity index (χ1n) is 12.1. The molecular weight excluding hydrogens is 502 g/mol. The van der Waals surface area contributed by atoms with E-state index in [1.807, 2.05) is 60.5 Å². The van der Waals surface area contributed by atoms with E-state index in [1.54, 1.807) is 0 Å². The van der Waals surface area contributed by atoms with Crippen LogP contribution in [0.25, 0.3) is 10.9 Å². The number of halogens is 2. The standard InChI is InChI=1S/C29H24F2N6O2/c1-36(15-19-5-3-2-4-6-19)27-22-11-20(8-10-26(22)34-17-35-27)13-33-28(38)23-14-32-18-37(29(23)39)16-21-7-9-24(30)25(31)12-21/h2-12,14,17-18H,13,15-16H2,1H3,(H,33,38). The Kier molecular flexibility index (Phi) is 7.35. The van der Waals surface area contributed by atoms with Gasteiger partial charge in [-0.15, -0.1) is 0 Å². The normalized spacial score (nSPS) is 10.9. The number of benzene rings is 3. The molecule has 5 rings (SSSR count). The van der Waals surface area contributed by atoms with Gasteiger partial charge in [-0.2, -0.15) is 0 Å². The molecule has 196 valence electrons. The van der Waals surface area contributed by atoms with Crippen LogP contribution in [0.15, 0.2) is 90.4 Å². The van der Waals surface area contributed by atoms with Gasteiger partial charge in [0.25, 0.3) is 11.5 Å². The molecule has 0 fully saturated rings. The zero-order valence-corrected chi connectivity index (χ0v) is 21.0. The summed E-state index contributed by atoms with van der Waals surface area (Å²) in [6, 6.07) is 19.0. The molecule has 10 heteroatoms. The molecule has 5 aromatic rings. The molecule has 0 saturated heterocycles. The molecule has 0 bridgehead atoms. The number of carbonyl (C=O) groups excluding carboxylic acids is 1. The number of fused-ring (bicyclic) bond motifs is 1. The van der Waals surface area contributed by atoms with Crippen LogP contribution in [0.4, 0.5) is 14.6 Å². The van der Waals surface area contributed by atoms with Crippen molar-refractivity contribution in [3.8, 4) is 0 Å². The van der Waals surface area contributed by atoms with Gasteiger partial charge >= 0.3 is 0 Å². The van der Waals surface area contributed by atoms with Crippen LogP contribution in [0, 0.1) is 11.6 Å². The van der Waals surface area contributed by atoms with E-state index in [0.29, 0.717) is 12.1 Å². The van der Waals surface area contributed by atoms with Crippen LogP contribution in [0.3, 0.4) is 0 Å². The lowest BCUT2D eigenvalue weighted by Gasteiger charge is -2.20. The Morgan fingerprint density at radius 1 is 0.949 bits per heavy atom. The molecule has 2 heterocycles. The van der Waals surface area contributed by atoms with Crippen LogP contribution < -0.4 is 15.8 Å². The average molecular weight is 527 g/mol. The number of rotatable bonds is 8. The van der Waals surface area contributed by atoms with E-state index in [-0.39, 0.29) is 18.7 Å².